The quantitative estimate of drug-likeness (QED) is 0.147. The third-order valence-electron chi connectivity index (χ3n) is 9.11. The summed E-state index contributed by atoms with van der Waals surface area (Å²) in [6, 6.07) is 52.6. The maximum absolute atomic E-state index is 9.79. The van der Waals surface area contributed by atoms with Crippen LogP contribution in [0, 0.1) is 0 Å². The summed E-state index contributed by atoms with van der Waals surface area (Å²) < 4.78 is 0. The fourth-order valence-corrected chi connectivity index (χ4v) is 6.23. The number of aromatic nitrogens is 3. The number of pyridine rings is 3. The molecule has 0 bridgehead atoms. The van der Waals surface area contributed by atoms with Crippen LogP contribution in [0.4, 0.5) is 0 Å². The predicted octanol–water partition coefficient (Wildman–Crippen LogP) is 12.3. The van der Waals surface area contributed by atoms with E-state index in [1.54, 1.807) is 36.8 Å². The Hall–Kier alpha value is -7.83. The standard InChI is InChI=1S/3C17H13NO/c3*19-16-11-10-14(15-7-4-12-18-17(15)16)9-8-13-5-2-1-3-6-13/h3*1-12,19H/b3*9-8+. The summed E-state index contributed by atoms with van der Waals surface area (Å²) in [4.78, 5) is 12.6. The first-order valence-corrected chi connectivity index (χ1v) is 18.4. The van der Waals surface area contributed by atoms with Crippen LogP contribution in [0.15, 0.2) is 182 Å². The molecule has 3 heterocycles. The van der Waals surface area contributed by atoms with Crippen molar-refractivity contribution in [1.29, 1.82) is 0 Å². The Morgan fingerprint density at radius 3 is 0.842 bits per heavy atom. The average Bonchev–Trinajstić information content (AvgIpc) is 3.28. The number of nitrogens with zero attached hydrogens (tertiary/aromatic N) is 3. The van der Waals surface area contributed by atoms with Crippen LogP contribution in [-0.2, 0) is 0 Å². The van der Waals surface area contributed by atoms with Gasteiger partial charge in [-0.3, -0.25) is 15.0 Å². The first-order chi connectivity index (χ1) is 28.0. The Kier molecular flexibility index (Phi) is 12.1. The van der Waals surface area contributed by atoms with Gasteiger partial charge in [-0.2, -0.15) is 0 Å². The van der Waals surface area contributed by atoms with Gasteiger partial charge in [0.25, 0.3) is 0 Å². The van der Waals surface area contributed by atoms with Gasteiger partial charge in [0.1, 0.15) is 33.8 Å². The molecule has 0 unspecified atom stereocenters. The van der Waals surface area contributed by atoms with E-state index in [9.17, 15) is 15.3 Å². The molecule has 0 radical (unpaired) electrons. The lowest BCUT2D eigenvalue weighted by atomic mass is 10.1. The first kappa shape index (κ1) is 37.5. The summed E-state index contributed by atoms with van der Waals surface area (Å²) in [5.41, 5.74) is 8.49. The van der Waals surface area contributed by atoms with Gasteiger partial charge in [-0.05, 0) is 69.8 Å². The van der Waals surface area contributed by atoms with Crippen LogP contribution >= 0.6 is 0 Å². The molecule has 0 fully saturated rings. The molecule has 0 saturated carbocycles. The Balaban J connectivity index is 0.000000131. The van der Waals surface area contributed by atoms with Crippen molar-refractivity contribution in [3.05, 3.63) is 216 Å². The number of hydrogen-bond acceptors (Lipinski definition) is 6. The summed E-state index contributed by atoms with van der Waals surface area (Å²) in [6.07, 6.45) is 17.3. The van der Waals surface area contributed by atoms with Gasteiger partial charge in [0.15, 0.2) is 0 Å². The summed E-state index contributed by atoms with van der Waals surface area (Å²) >= 11 is 0. The van der Waals surface area contributed by atoms with Crippen LogP contribution in [0.5, 0.6) is 17.2 Å². The largest absolute Gasteiger partial charge is 0.506 e. The van der Waals surface area contributed by atoms with E-state index in [0.717, 1.165) is 49.5 Å². The summed E-state index contributed by atoms with van der Waals surface area (Å²) in [5, 5.41) is 32.2. The zero-order valence-electron chi connectivity index (χ0n) is 31.0. The van der Waals surface area contributed by atoms with Crippen LogP contribution in [0.2, 0.25) is 0 Å². The van der Waals surface area contributed by atoms with E-state index in [2.05, 4.69) is 69.6 Å². The van der Waals surface area contributed by atoms with Crippen LogP contribution in [0.25, 0.3) is 69.2 Å². The van der Waals surface area contributed by atoms with E-state index in [1.165, 1.54) is 0 Å². The van der Waals surface area contributed by atoms with E-state index in [-0.39, 0.29) is 17.2 Å². The van der Waals surface area contributed by atoms with Gasteiger partial charge in [-0.15, -0.1) is 0 Å². The van der Waals surface area contributed by atoms with Crippen molar-refractivity contribution < 1.29 is 15.3 Å². The predicted molar refractivity (Wildman–Crippen MR) is 236 cm³/mol. The molecule has 9 aromatic rings. The van der Waals surface area contributed by atoms with E-state index < -0.39 is 0 Å². The highest BCUT2D eigenvalue weighted by Gasteiger charge is 2.06. The van der Waals surface area contributed by atoms with Gasteiger partial charge in [-0.25, -0.2) is 0 Å². The van der Waals surface area contributed by atoms with E-state index in [1.807, 2.05) is 127 Å². The molecule has 3 N–H and O–H groups in total. The lowest BCUT2D eigenvalue weighted by molar-refractivity contribution is 0.480. The molecule has 0 aliphatic carbocycles. The smallest absolute Gasteiger partial charge is 0.141 e. The number of benzene rings is 6. The molecule has 0 aliphatic heterocycles. The molecular weight excluding hydrogens is 703 g/mol. The highest BCUT2D eigenvalue weighted by Crippen LogP contribution is 2.29. The summed E-state index contributed by atoms with van der Waals surface area (Å²) in [5.74, 6) is 0.646. The number of phenolic OH excluding ortho intramolecular Hbond substituents is 3. The summed E-state index contributed by atoms with van der Waals surface area (Å²) in [7, 11) is 0. The minimum Gasteiger partial charge on any atom is -0.506 e. The van der Waals surface area contributed by atoms with Gasteiger partial charge < -0.3 is 15.3 Å². The maximum atomic E-state index is 9.79. The fraction of sp³-hybridized carbons (Fsp3) is 0. The molecule has 57 heavy (non-hydrogen) atoms. The monoisotopic (exact) mass is 741 g/mol. The van der Waals surface area contributed by atoms with Crippen LogP contribution in [0.1, 0.15) is 33.4 Å². The highest BCUT2D eigenvalue weighted by molar-refractivity contribution is 5.95. The normalized spacial score (nSPS) is 11.2. The van der Waals surface area contributed by atoms with Crippen molar-refractivity contribution in [3.63, 3.8) is 0 Å². The van der Waals surface area contributed by atoms with Crippen molar-refractivity contribution >= 4 is 69.2 Å². The molecule has 9 rings (SSSR count). The molecule has 0 amide bonds. The zero-order valence-corrected chi connectivity index (χ0v) is 31.0. The minimum atomic E-state index is 0.215. The van der Waals surface area contributed by atoms with Gasteiger partial charge in [0.05, 0.1) is 0 Å². The third kappa shape index (κ3) is 9.65. The van der Waals surface area contributed by atoms with Crippen molar-refractivity contribution in [2.24, 2.45) is 0 Å². The van der Waals surface area contributed by atoms with E-state index in [0.29, 0.717) is 16.6 Å². The number of aromatic hydroxyl groups is 3. The Bertz CT molecular complexity index is 2510. The number of hydrogen-bond donors (Lipinski definition) is 3. The Morgan fingerprint density at radius 1 is 0.281 bits per heavy atom. The molecule has 276 valence electrons. The van der Waals surface area contributed by atoms with Crippen LogP contribution in [0.3, 0.4) is 0 Å². The van der Waals surface area contributed by atoms with Crippen LogP contribution < -0.4 is 0 Å². The molecule has 6 aromatic carbocycles. The van der Waals surface area contributed by atoms with E-state index >= 15 is 0 Å². The van der Waals surface area contributed by atoms with Crippen molar-refractivity contribution in [3.8, 4) is 17.2 Å². The lowest BCUT2D eigenvalue weighted by Crippen LogP contribution is -1.82. The topological polar surface area (TPSA) is 99.4 Å². The SMILES string of the molecule is Oc1ccc(/C=C/c2ccccc2)c2cccnc12.Oc1ccc(/C=C/c2ccccc2)c2cccnc12.Oc1ccc(/C=C/c2ccccc2)c2cccnc12. The van der Waals surface area contributed by atoms with Crippen molar-refractivity contribution in [2.75, 3.05) is 0 Å². The molecule has 0 atom stereocenters. The second-order valence-electron chi connectivity index (χ2n) is 13.0. The molecule has 0 saturated heterocycles. The maximum Gasteiger partial charge on any atom is 0.141 e. The van der Waals surface area contributed by atoms with Gasteiger partial charge >= 0.3 is 0 Å². The third-order valence-corrected chi connectivity index (χ3v) is 9.11. The van der Waals surface area contributed by atoms with Crippen molar-refractivity contribution in [2.45, 2.75) is 0 Å². The zero-order chi connectivity index (χ0) is 39.2. The molecule has 0 spiro atoms. The van der Waals surface area contributed by atoms with Gasteiger partial charge in [0, 0.05) is 34.7 Å². The molecule has 6 heteroatoms. The second kappa shape index (κ2) is 18.5. The summed E-state index contributed by atoms with van der Waals surface area (Å²) in [6.45, 7) is 0. The van der Waals surface area contributed by atoms with E-state index in [4.69, 9.17) is 0 Å². The number of rotatable bonds is 6. The average molecular weight is 742 g/mol. The number of fused-ring (bicyclic) bond motifs is 3. The van der Waals surface area contributed by atoms with Crippen molar-refractivity contribution in [1.82, 2.24) is 15.0 Å². The fourth-order valence-electron chi connectivity index (χ4n) is 6.23. The molecule has 6 nitrogen and oxygen atoms in total. The molecule has 3 aromatic heterocycles. The first-order valence-electron chi connectivity index (χ1n) is 18.4. The lowest BCUT2D eigenvalue weighted by Gasteiger charge is -2.03. The van der Waals surface area contributed by atoms with Gasteiger partial charge in [-0.1, -0.05) is 164 Å². The van der Waals surface area contributed by atoms with Crippen LogP contribution in [-0.4, -0.2) is 30.3 Å². The Morgan fingerprint density at radius 2 is 0.561 bits per heavy atom. The molecular formula is C51H39N3O3. The Labute approximate surface area is 331 Å². The molecule has 0 aliphatic rings. The highest BCUT2D eigenvalue weighted by atomic mass is 16.3. The van der Waals surface area contributed by atoms with Gasteiger partial charge in [0.2, 0.25) is 0 Å². The second-order valence-corrected chi connectivity index (χ2v) is 13.0. The number of phenols is 3. The minimum absolute atomic E-state index is 0.215.